The second kappa shape index (κ2) is 5.85. The average molecular weight is 287 g/mol. The Bertz CT molecular complexity index is 552. The smallest absolute Gasteiger partial charge is 0.247 e. The van der Waals surface area contributed by atoms with E-state index in [2.05, 4.69) is 11.4 Å². The number of nitrogens with one attached hydrogen (secondary N) is 1. The molecule has 1 unspecified atom stereocenters. The standard InChI is InChI=1S/C16H21N3O2/c1-18-10-16(21)19(11-15(18)20)14-6-2-4-12(9-14)8-13-5-3-7-17-13/h2,4,6,9,13,17H,3,5,7-8,10-11H2,1H3. The van der Waals surface area contributed by atoms with Crippen molar-refractivity contribution >= 4 is 17.5 Å². The number of likely N-dealkylation sites (N-methyl/N-ethyl adjacent to an activating group) is 1. The predicted octanol–water partition coefficient (Wildman–Crippen LogP) is 0.786. The summed E-state index contributed by atoms with van der Waals surface area (Å²) in [7, 11) is 1.67. The number of piperazine rings is 1. The van der Waals surface area contributed by atoms with Gasteiger partial charge in [0.25, 0.3) is 0 Å². The third-order valence-electron chi connectivity index (χ3n) is 4.26. The highest BCUT2D eigenvalue weighted by Gasteiger charge is 2.28. The first kappa shape index (κ1) is 14.1. The molecule has 0 aromatic heterocycles. The number of nitrogens with zero attached hydrogens (tertiary/aromatic N) is 2. The van der Waals surface area contributed by atoms with Crippen molar-refractivity contribution in [3.63, 3.8) is 0 Å². The number of hydrogen-bond acceptors (Lipinski definition) is 3. The first-order valence-corrected chi connectivity index (χ1v) is 7.50. The Morgan fingerprint density at radius 1 is 1.24 bits per heavy atom. The molecule has 0 saturated carbocycles. The Labute approximate surface area is 124 Å². The van der Waals surface area contributed by atoms with Gasteiger partial charge in [0.15, 0.2) is 0 Å². The van der Waals surface area contributed by atoms with Crippen molar-refractivity contribution < 1.29 is 9.59 Å². The third-order valence-corrected chi connectivity index (χ3v) is 4.26. The highest BCUT2D eigenvalue weighted by molar-refractivity contribution is 6.04. The van der Waals surface area contributed by atoms with Gasteiger partial charge in [0, 0.05) is 18.8 Å². The largest absolute Gasteiger partial charge is 0.335 e. The third kappa shape index (κ3) is 3.08. The van der Waals surface area contributed by atoms with Crippen molar-refractivity contribution in [2.24, 2.45) is 0 Å². The molecule has 0 spiro atoms. The summed E-state index contributed by atoms with van der Waals surface area (Å²) >= 11 is 0. The molecule has 2 saturated heterocycles. The van der Waals surface area contributed by atoms with Crippen LogP contribution in [0.2, 0.25) is 0 Å². The number of amides is 2. The van der Waals surface area contributed by atoms with Gasteiger partial charge in [-0.1, -0.05) is 12.1 Å². The zero-order chi connectivity index (χ0) is 14.8. The van der Waals surface area contributed by atoms with Crippen LogP contribution in [0.15, 0.2) is 24.3 Å². The number of anilines is 1. The van der Waals surface area contributed by atoms with Crippen LogP contribution in [-0.2, 0) is 16.0 Å². The lowest BCUT2D eigenvalue weighted by Crippen LogP contribution is -2.52. The fourth-order valence-corrected chi connectivity index (χ4v) is 3.02. The Morgan fingerprint density at radius 2 is 2.10 bits per heavy atom. The molecule has 112 valence electrons. The predicted molar refractivity (Wildman–Crippen MR) is 81.2 cm³/mol. The Balaban J connectivity index is 1.75. The van der Waals surface area contributed by atoms with Crippen LogP contribution in [0.5, 0.6) is 0 Å². The van der Waals surface area contributed by atoms with E-state index < -0.39 is 0 Å². The van der Waals surface area contributed by atoms with E-state index in [9.17, 15) is 9.59 Å². The molecule has 21 heavy (non-hydrogen) atoms. The number of hydrogen-bond donors (Lipinski definition) is 1. The lowest BCUT2D eigenvalue weighted by atomic mass is 10.0. The second-order valence-electron chi connectivity index (χ2n) is 5.90. The molecule has 1 aromatic carbocycles. The zero-order valence-electron chi connectivity index (χ0n) is 12.3. The number of benzene rings is 1. The minimum Gasteiger partial charge on any atom is -0.335 e. The van der Waals surface area contributed by atoms with Gasteiger partial charge in [-0.15, -0.1) is 0 Å². The number of carbonyl (C=O) groups is 2. The van der Waals surface area contributed by atoms with Crippen LogP contribution < -0.4 is 10.2 Å². The lowest BCUT2D eigenvalue weighted by molar-refractivity contribution is -0.136. The van der Waals surface area contributed by atoms with Gasteiger partial charge >= 0.3 is 0 Å². The SMILES string of the molecule is CN1CC(=O)N(c2cccc(CC3CCCN3)c2)CC1=O. The summed E-state index contributed by atoms with van der Waals surface area (Å²) in [5, 5.41) is 3.48. The van der Waals surface area contributed by atoms with Crippen LogP contribution in [0.3, 0.4) is 0 Å². The van der Waals surface area contributed by atoms with E-state index in [0.29, 0.717) is 6.04 Å². The van der Waals surface area contributed by atoms with Crippen LogP contribution in [0.1, 0.15) is 18.4 Å². The van der Waals surface area contributed by atoms with Crippen molar-refractivity contribution in [1.29, 1.82) is 0 Å². The number of rotatable bonds is 3. The highest BCUT2D eigenvalue weighted by Crippen LogP contribution is 2.21. The summed E-state index contributed by atoms with van der Waals surface area (Å²) < 4.78 is 0. The van der Waals surface area contributed by atoms with E-state index in [1.54, 1.807) is 11.9 Å². The van der Waals surface area contributed by atoms with Gasteiger partial charge in [0.2, 0.25) is 11.8 Å². The van der Waals surface area contributed by atoms with Gasteiger partial charge in [0.05, 0.1) is 6.54 Å². The summed E-state index contributed by atoms with van der Waals surface area (Å²) in [5.74, 6) is -0.0364. The van der Waals surface area contributed by atoms with E-state index in [0.717, 1.165) is 18.7 Å². The average Bonchev–Trinajstić information content (AvgIpc) is 2.96. The van der Waals surface area contributed by atoms with Crippen LogP contribution in [-0.4, -0.2) is 49.4 Å². The maximum atomic E-state index is 12.1. The van der Waals surface area contributed by atoms with Gasteiger partial charge in [-0.2, -0.15) is 0 Å². The van der Waals surface area contributed by atoms with Crippen molar-refractivity contribution in [2.45, 2.75) is 25.3 Å². The van der Waals surface area contributed by atoms with E-state index in [1.165, 1.54) is 23.3 Å². The van der Waals surface area contributed by atoms with Crippen LogP contribution >= 0.6 is 0 Å². The van der Waals surface area contributed by atoms with Crippen LogP contribution in [0, 0.1) is 0 Å². The fourth-order valence-electron chi connectivity index (χ4n) is 3.02. The molecule has 5 nitrogen and oxygen atoms in total. The normalized spacial score (nSPS) is 23.0. The Hall–Kier alpha value is -1.88. The van der Waals surface area contributed by atoms with Gasteiger partial charge in [-0.3, -0.25) is 9.59 Å². The Kier molecular flexibility index (Phi) is 3.92. The van der Waals surface area contributed by atoms with Gasteiger partial charge in [-0.05, 0) is 43.5 Å². The maximum Gasteiger partial charge on any atom is 0.247 e. The van der Waals surface area contributed by atoms with Crippen molar-refractivity contribution in [1.82, 2.24) is 10.2 Å². The molecule has 0 aliphatic carbocycles. The molecule has 1 atom stereocenters. The second-order valence-corrected chi connectivity index (χ2v) is 5.90. The first-order valence-electron chi connectivity index (χ1n) is 7.50. The summed E-state index contributed by atoms with van der Waals surface area (Å²) in [5.41, 5.74) is 2.04. The van der Waals surface area contributed by atoms with Gasteiger partial charge < -0.3 is 15.1 Å². The molecule has 2 heterocycles. The fraction of sp³-hybridized carbons (Fsp3) is 0.500. The van der Waals surface area contributed by atoms with Gasteiger partial charge in [0.1, 0.15) is 6.54 Å². The lowest BCUT2D eigenvalue weighted by Gasteiger charge is -2.31. The molecule has 1 N–H and O–H groups in total. The van der Waals surface area contributed by atoms with E-state index in [4.69, 9.17) is 0 Å². The summed E-state index contributed by atoms with van der Waals surface area (Å²) in [4.78, 5) is 27.0. The first-order chi connectivity index (χ1) is 10.1. The molecule has 0 bridgehead atoms. The zero-order valence-corrected chi connectivity index (χ0v) is 12.3. The molecule has 0 radical (unpaired) electrons. The quantitative estimate of drug-likeness (QED) is 0.894. The molecule has 3 rings (SSSR count). The molecular weight excluding hydrogens is 266 g/mol. The van der Waals surface area contributed by atoms with Gasteiger partial charge in [-0.25, -0.2) is 0 Å². The molecule has 1 aromatic rings. The molecule has 2 aliphatic heterocycles. The van der Waals surface area contributed by atoms with Crippen molar-refractivity contribution in [3.05, 3.63) is 29.8 Å². The molecule has 5 heteroatoms. The minimum absolute atomic E-state index is 0.0162. The van der Waals surface area contributed by atoms with Crippen molar-refractivity contribution in [2.75, 3.05) is 31.6 Å². The van der Waals surface area contributed by atoms with E-state index >= 15 is 0 Å². The summed E-state index contributed by atoms with van der Waals surface area (Å²) in [6.45, 7) is 1.39. The topological polar surface area (TPSA) is 52.7 Å². The van der Waals surface area contributed by atoms with Crippen LogP contribution in [0.4, 0.5) is 5.69 Å². The highest BCUT2D eigenvalue weighted by atomic mass is 16.2. The minimum atomic E-state index is -0.0201. The Morgan fingerprint density at radius 3 is 2.86 bits per heavy atom. The molecule has 2 amide bonds. The molecule has 2 fully saturated rings. The molecule has 2 aliphatic rings. The van der Waals surface area contributed by atoms with E-state index in [-0.39, 0.29) is 24.9 Å². The van der Waals surface area contributed by atoms with Crippen molar-refractivity contribution in [3.8, 4) is 0 Å². The van der Waals surface area contributed by atoms with E-state index in [1.807, 2.05) is 18.2 Å². The monoisotopic (exact) mass is 287 g/mol. The number of carbonyl (C=O) groups excluding carboxylic acids is 2. The van der Waals surface area contributed by atoms with Crippen LogP contribution in [0.25, 0.3) is 0 Å². The summed E-state index contributed by atoms with van der Waals surface area (Å²) in [6, 6.07) is 8.53. The summed E-state index contributed by atoms with van der Waals surface area (Å²) in [6.07, 6.45) is 3.41. The maximum absolute atomic E-state index is 12.1. The molecular formula is C16H21N3O2.